The van der Waals surface area contributed by atoms with Crippen LogP contribution >= 0.6 is 11.3 Å². The molecule has 0 saturated carbocycles. The van der Waals surface area contributed by atoms with Crippen molar-refractivity contribution in [2.75, 3.05) is 5.32 Å². The van der Waals surface area contributed by atoms with E-state index in [0.717, 1.165) is 0 Å². The standard InChI is InChI=1S/C15H12N4O3S2/c20-14(13-3-1-10-23-13)18-11-4-6-12(7-5-11)24(21,22)19-15-16-8-2-9-17-15/h1-10H,(H2,16,17,18,19,20)/p-1. The molecule has 0 aliphatic carbocycles. The molecule has 0 aliphatic rings. The van der Waals surface area contributed by atoms with Gasteiger partial charge in [-0.3, -0.25) is 9.52 Å². The second-order valence-electron chi connectivity index (χ2n) is 4.57. The average molecular weight is 359 g/mol. The summed E-state index contributed by atoms with van der Waals surface area (Å²) in [6, 6.07) is 10.8. The maximum Gasteiger partial charge on any atom is 0.265 e. The average Bonchev–Trinajstić information content (AvgIpc) is 3.10. The van der Waals surface area contributed by atoms with Crippen LogP contribution in [0.15, 0.2) is 65.1 Å². The van der Waals surface area contributed by atoms with Gasteiger partial charge in [0.15, 0.2) is 0 Å². The zero-order valence-electron chi connectivity index (χ0n) is 12.2. The second-order valence-corrected chi connectivity index (χ2v) is 7.12. The highest BCUT2D eigenvalue weighted by molar-refractivity contribution is 7.94. The van der Waals surface area contributed by atoms with E-state index in [2.05, 4.69) is 20.0 Å². The molecule has 7 nitrogen and oxygen atoms in total. The monoisotopic (exact) mass is 359 g/mol. The Morgan fingerprint density at radius 1 is 1.04 bits per heavy atom. The molecule has 0 unspecified atom stereocenters. The van der Waals surface area contributed by atoms with Gasteiger partial charge in [-0.1, -0.05) is 12.1 Å². The maximum atomic E-state index is 12.2. The lowest BCUT2D eigenvalue weighted by atomic mass is 10.3. The lowest BCUT2D eigenvalue weighted by Gasteiger charge is -2.12. The van der Waals surface area contributed by atoms with Crippen LogP contribution in [0.3, 0.4) is 0 Å². The van der Waals surface area contributed by atoms with Crippen LogP contribution in [-0.2, 0) is 10.0 Å². The van der Waals surface area contributed by atoms with Crippen LogP contribution in [0.2, 0.25) is 0 Å². The SMILES string of the molecule is O=C(Nc1ccc(S(=O)(=O)[N-]c2ncccn2)cc1)c1cccs1. The second kappa shape index (κ2) is 6.77. The third-order valence-corrected chi connectivity index (χ3v) is 5.05. The van der Waals surface area contributed by atoms with E-state index in [9.17, 15) is 13.2 Å². The smallest absolute Gasteiger partial charge is 0.265 e. The van der Waals surface area contributed by atoms with Gasteiger partial charge in [0.05, 0.1) is 9.77 Å². The minimum atomic E-state index is -3.91. The Balaban J connectivity index is 1.73. The summed E-state index contributed by atoms with van der Waals surface area (Å²) in [6.07, 6.45) is 2.81. The van der Waals surface area contributed by atoms with Crippen molar-refractivity contribution in [1.82, 2.24) is 9.97 Å². The van der Waals surface area contributed by atoms with Gasteiger partial charge < -0.3 is 15.3 Å². The first-order chi connectivity index (χ1) is 11.5. The molecule has 122 valence electrons. The van der Waals surface area contributed by atoms with Gasteiger partial charge in [0, 0.05) is 11.6 Å². The molecule has 2 aromatic heterocycles. The number of carbonyl (C=O) groups excluding carboxylic acids is 1. The Bertz CT molecular complexity index is 925. The minimum Gasteiger partial charge on any atom is -0.366 e. The van der Waals surface area contributed by atoms with E-state index in [4.69, 9.17) is 0 Å². The van der Waals surface area contributed by atoms with E-state index < -0.39 is 10.0 Å². The van der Waals surface area contributed by atoms with Crippen molar-refractivity contribution >= 4 is 38.9 Å². The third kappa shape index (κ3) is 3.76. The van der Waals surface area contributed by atoms with Gasteiger partial charge in [-0.05, 0) is 48.1 Å². The number of rotatable bonds is 5. The number of amides is 1. The van der Waals surface area contributed by atoms with E-state index in [-0.39, 0.29) is 16.8 Å². The number of hydrogen-bond donors (Lipinski definition) is 1. The number of carbonyl (C=O) groups is 1. The lowest BCUT2D eigenvalue weighted by Crippen LogP contribution is -2.10. The van der Waals surface area contributed by atoms with Crippen LogP contribution in [0.4, 0.5) is 11.6 Å². The molecule has 0 saturated heterocycles. The Kier molecular flexibility index (Phi) is 4.54. The van der Waals surface area contributed by atoms with Crippen LogP contribution in [0, 0.1) is 0 Å². The van der Waals surface area contributed by atoms with Crippen molar-refractivity contribution in [2.24, 2.45) is 0 Å². The van der Waals surface area contributed by atoms with E-state index in [1.807, 2.05) is 0 Å². The molecule has 0 atom stereocenters. The summed E-state index contributed by atoms with van der Waals surface area (Å²) >= 11 is 1.32. The maximum absolute atomic E-state index is 12.2. The summed E-state index contributed by atoms with van der Waals surface area (Å²) in [4.78, 5) is 20.0. The molecular formula is C15H11N4O3S2-. The molecule has 0 fully saturated rings. The molecule has 3 rings (SSSR count). The quantitative estimate of drug-likeness (QED) is 0.753. The van der Waals surface area contributed by atoms with Gasteiger partial charge in [0.2, 0.25) is 10.0 Å². The van der Waals surface area contributed by atoms with Gasteiger partial charge in [0.25, 0.3) is 5.91 Å². The fourth-order valence-electron chi connectivity index (χ4n) is 1.81. The highest BCUT2D eigenvalue weighted by Gasteiger charge is 2.12. The first kappa shape index (κ1) is 16.1. The number of nitrogens with one attached hydrogen (secondary N) is 1. The van der Waals surface area contributed by atoms with Crippen LogP contribution in [0.1, 0.15) is 9.67 Å². The summed E-state index contributed by atoms with van der Waals surface area (Å²) in [6.45, 7) is 0. The minimum absolute atomic E-state index is 0.0101. The van der Waals surface area contributed by atoms with Crippen molar-refractivity contribution in [3.8, 4) is 0 Å². The molecule has 1 amide bonds. The molecule has 1 N–H and O–H groups in total. The first-order valence-corrected chi connectivity index (χ1v) is 9.06. The van der Waals surface area contributed by atoms with Gasteiger partial charge in [-0.25, -0.2) is 8.42 Å². The van der Waals surface area contributed by atoms with Crippen molar-refractivity contribution in [2.45, 2.75) is 4.90 Å². The summed E-state index contributed by atoms with van der Waals surface area (Å²) < 4.78 is 27.9. The Morgan fingerprint density at radius 2 is 1.75 bits per heavy atom. The van der Waals surface area contributed by atoms with Crippen molar-refractivity contribution < 1.29 is 13.2 Å². The number of hydrogen-bond acceptors (Lipinski definition) is 6. The number of anilines is 1. The molecule has 2 heterocycles. The number of sulfonamides is 1. The van der Waals surface area contributed by atoms with E-state index in [1.165, 1.54) is 48.0 Å². The fourth-order valence-corrected chi connectivity index (χ4v) is 3.32. The molecular weight excluding hydrogens is 348 g/mol. The van der Waals surface area contributed by atoms with E-state index in [1.54, 1.807) is 23.6 Å². The predicted octanol–water partition coefficient (Wildman–Crippen LogP) is 3.18. The summed E-state index contributed by atoms with van der Waals surface area (Å²) in [5, 5.41) is 4.50. The zero-order valence-corrected chi connectivity index (χ0v) is 13.8. The van der Waals surface area contributed by atoms with Crippen molar-refractivity contribution in [3.63, 3.8) is 0 Å². The van der Waals surface area contributed by atoms with Gasteiger partial charge >= 0.3 is 0 Å². The number of benzene rings is 1. The van der Waals surface area contributed by atoms with Crippen LogP contribution in [-0.4, -0.2) is 24.3 Å². The largest absolute Gasteiger partial charge is 0.366 e. The molecule has 9 heteroatoms. The molecule has 0 spiro atoms. The van der Waals surface area contributed by atoms with Gasteiger partial charge in [-0.2, -0.15) is 0 Å². The van der Waals surface area contributed by atoms with E-state index in [0.29, 0.717) is 10.6 Å². The van der Waals surface area contributed by atoms with Crippen LogP contribution < -0.4 is 5.32 Å². The topological polar surface area (TPSA) is 103 Å². The first-order valence-electron chi connectivity index (χ1n) is 6.74. The van der Waals surface area contributed by atoms with Crippen molar-refractivity contribution in [3.05, 3.63) is 69.8 Å². The van der Waals surface area contributed by atoms with Crippen molar-refractivity contribution in [1.29, 1.82) is 0 Å². The third-order valence-electron chi connectivity index (χ3n) is 2.91. The fraction of sp³-hybridized carbons (Fsp3) is 0. The van der Waals surface area contributed by atoms with E-state index >= 15 is 0 Å². The summed E-state index contributed by atoms with van der Waals surface area (Å²) in [5.74, 6) is -0.379. The van der Waals surface area contributed by atoms with Crippen LogP contribution in [0.25, 0.3) is 4.72 Å². The van der Waals surface area contributed by atoms with Crippen LogP contribution in [0.5, 0.6) is 0 Å². The summed E-state index contributed by atoms with van der Waals surface area (Å²) in [5.41, 5.74) is 0.489. The highest BCUT2D eigenvalue weighted by atomic mass is 32.2. The normalized spacial score (nSPS) is 11.0. The number of thiophene rings is 1. The van der Waals surface area contributed by atoms with Gasteiger partial charge in [0.1, 0.15) is 0 Å². The molecule has 0 aliphatic heterocycles. The predicted molar refractivity (Wildman–Crippen MR) is 91.0 cm³/mol. The van der Waals surface area contributed by atoms with Gasteiger partial charge in [-0.15, -0.1) is 11.3 Å². The Morgan fingerprint density at radius 3 is 2.38 bits per heavy atom. The molecule has 0 bridgehead atoms. The summed E-state index contributed by atoms with van der Waals surface area (Å²) in [7, 11) is -3.91. The highest BCUT2D eigenvalue weighted by Crippen LogP contribution is 2.25. The lowest BCUT2D eigenvalue weighted by molar-refractivity contribution is 0.103. The number of aromatic nitrogens is 2. The molecule has 24 heavy (non-hydrogen) atoms. The number of nitrogens with zero attached hydrogens (tertiary/aromatic N) is 3. The Hall–Kier alpha value is -2.78. The zero-order chi connectivity index (χ0) is 17.0. The molecule has 0 radical (unpaired) electrons. The Labute approximate surface area is 142 Å². The molecule has 1 aromatic carbocycles. The molecule has 3 aromatic rings.